The van der Waals surface area contributed by atoms with Crippen molar-refractivity contribution in [3.63, 3.8) is 0 Å². The molecule has 0 saturated carbocycles. The second-order valence-electron chi connectivity index (χ2n) is 5.51. The lowest BCUT2D eigenvalue weighted by Crippen LogP contribution is -2.18. The van der Waals surface area contributed by atoms with Gasteiger partial charge in [0.2, 0.25) is 0 Å². The van der Waals surface area contributed by atoms with Crippen LogP contribution in [0.25, 0.3) is 0 Å². The predicted octanol–water partition coefficient (Wildman–Crippen LogP) is 3.65. The van der Waals surface area contributed by atoms with E-state index in [1.807, 2.05) is 18.2 Å². The van der Waals surface area contributed by atoms with Crippen LogP contribution in [0, 0.1) is 11.8 Å². The van der Waals surface area contributed by atoms with Gasteiger partial charge in [-0.25, -0.2) is 0 Å². The number of ether oxygens (including phenoxy) is 1. The minimum Gasteiger partial charge on any atom is -0.489 e. The molecule has 0 radical (unpaired) electrons. The third kappa shape index (κ3) is 1.76. The summed E-state index contributed by atoms with van der Waals surface area (Å²) in [6.45, 7) is 4.22. The van der Waals surface area contributed by atoms with Crippen molar-refractivity contribution in [2.75, 3.05) is 0 Å². The molecule has 0 spiro atoms. The highest BCUT2D eigenvalue weighted by Crippen LogP contribution is 2.46. The summed E-state index contributed by atoms with van der Waals surface area (Å²) in [6, 6.07) is 10.2. The first-order valence-electron chi connectivity index (χ1n) is 6.64. The summed E-state index contributed by atoms with van der Waals surface area (Å²) in [5.74, 6) is 1.83. The van der Waals surface area contributed by atoms with E-state index in [1.165, 1.54) is 5.56 Å². The van der Waals surface area contributed by atoms with Gasteiger partial charge in [-0.1, -0.05) is 44.2 Å². The molecule has 1 aromatic carbocycles. The standard InChI is InChI=1S/C16H18O2/c1-10-8-13(17)15-11(2)16(18-14(15)9-10)12-6-4-3-5-7-12/h3-7,10-11,16H,8-9H2,1-2H3. The van der Waals surface area contributed by atoms with E-state index < -0.39 is 0 Å². The summed E-state index contributed by atoms with van der Waals surface area (Å²) >= 11 is 0. The summed E-state index contributed by atoms with van der Waals surface area (Å²) in [4.78, 5) is 12.1. The molecule has 94 valence electrons. The Hall–Kier alpha value is -1.57. The van der Waals surface area contributed by atoms with Crippen molar-refractivity contribution in [1.29, 1.82) is 0 Å². The third-order valence-corrected chi connectivity index (χ3v) is 3.98. The molecule has 3 unspecified atom stereocenters. The van der Waals surface area contributed by atoms with Gasteiger partial charge >= 0.3 is 0 Å². The molecule has 2 aliphatic rings. The molecule has 0 saturated heterocycles. The van der Waals surface area contributed by atoms with Gasteiger partial charge in [0.15, 0.2) is 5.78 Å². The zero-order valence-corrected chi connectivity index (χ0v) is 10.8. The Bertz CT molecular complexity index is 501. The molecule has 0 aromatic heterocycles. The van der Waals surface area contributed by atoms with Gasteiger partial charge in [0.25, 0.3) is 0 Å². The van der Waals surface area contributed by atoms with Crippen molar-refractivity contribution in [2.24, 2.45) is 11.8 Å². The molecule has 1 aromatic rings. The minimum atomic E-state index is 0.0189. The van der Waals surface area contributed by atoms with E-state index in [-0.39, 0.29) is 17.8 Å². The van der Waals surface area contributed by atoms with E-state index in [1.54, 1.807) is 0 Å². The number of Topliss-reactive ketones (excluding diaryl/α,β-unsaturated/α-hetero) is 1. The van der Waals surface area contributed by atoms with Crippen LogP contribution in [-0.2, 0) is 9.53 Å². The fraction of sp³-hybridized carbons (Fsp3) is 0.438. The normalized spacial score (nSPS) is 31.2. The van der Waals surface area contributed by atoms with E-state index in [0.717, 1.165) is 17.8 Å². The number of hydrogen-bond donors (Lipinski definition) is 0. The van der Waals surface area contributed by atoms with E-state index >= 15 is 0 Å². The van der Waals surface area contributed by atoms with Crippen LogP contribution < -0.4 is 0 Å². The molecule has 0 N–H and O–H groups in total. The Morgan fingerprint density at radius 3 is 2.56 bits per heavy atom. The molecule has 2 heteroatoms. The first-order valence-corrected chi connectivity index (χ1v) is 6.64. The SMILES string of the molecule is CC1CC(=O)C2=C(C1)OC(c1ccccc1)C2C. The summed E-state index contributed by atoms with van der Waals surface area (Å²) in [6.07, 6.45) is 1.61. The van der Waals surface area contributed by atoms with Crippen molar-refractivity contribution in [1.82, 2.24) is 0 Å². The van der Waals surface area contributed by atoms with Crippen LogP contribution >= 0.6 is 0 Å². The Morgan fingerprint density at radius 1 is 1.11 bits per heavy atom. The number of allylic oxidation sites excluding steroid dienone is 1. The molecule has 3 rings (SSSR count). The summed E-state index contributed by atoms with van der Waals surface area (Å²) < 4.78 is 6.06. The number of benzene rings is 1. The van der Waals surface area contributed by atoms with Gasteiger partial charge in [-0.05, 0) is 11.5 Å². The smallest absolute Gasteiger partial charge is 0.162 e. The molecule has 1 heterocycles. The molecule has 0 fully saturated rings. The summed E-state index contributed by atoms with van der Waals surface area (Å²) in [5, 5.41) is 0. The van der Waals surface area contributed by atoms with Crippen molar-refractivity contribution < 1.29 is 9.53 Å². The highest BCUT2D eigenvalue weighted by atomic mass is 16.5. The van der Waals surface area contributed by atoms with Gasteiger partial charge < -0.3 is 4.74 Å². The first-order chi connectivity index (χ1) is 8.66. The molecule has 0 bridgehead atoms. The molecule has 1 aliphatic carbocycles. The van der Waals surface area contributed by atoms with Crippen LogP contribution in [0.15, 0.2) is 41.7 Å². The lowest BCUT2D eigenvalue weighted by Gasteiger charge is -2.18. The molecule has 0 amide bonds. The number of carbonyl (C=O) groups is 1. The van der Waals surface area contributed by atoms with Crippen LogP contribution in [0.3, 0.4) is 0 Å². The van der Waals surface area contributed by atoms with E-state index in [2.05, 4.69) is 26.0 Å². The van der Waals surface area contributed by atoms with Gasteiger partial charge in [-0.15, -0.1) is 0 Å². The highest BCUT2D eigenvalue weighted by molar-refractivity contribution is 5.97. The topological polar surface area (TPSA) is 26.3 Å². The van der Waals surface area contributed by atoms with Crippen molar-refractivity contribution >= 4 is 5.78 Å². The second kappa shape index (κ2) is 4.27. The molecular weight excluding hydrogens is 224 g/mol. The maximum absolute atomic E-state index is 12.1. The summed E-state index contributed by atoms with van der Waals surface area (Å²) in [7, 11) is 0. The van der Waals surface area contributed by atoms with Gasteiger partial charge in [0.1, 0.15) is 11.9 Å². The van der Waals surface area contributed by atoms with Crippen molar-refractivity contribution in [3.05, 3.63) is 47.2 Å². The van der Waals surface area contributed by atoms with Crippen LogP contribution in [0.4, 0.5) is 0 Å². The van der Waals surface area contributed by atoms with Crippen LogP contribution in [0.1, 0.15) is 38.4 Å². The van der Waals surface area contributed by atoms with Gasteiger partial charge in [0, 0.05) is 24.3 Å². The van der Waals surface area contributed by atoms with Crippen molar-refractivity contribution in [3.8, 4) is 0 Å². The fourth-order valence-electron chi connectivity index (χ4n) is 3.11. The molecule has 3 atom stereocenters. The quantitative estimate of drug-likeness (QED) is 0.751. The largest absolute Gasteiger partial charge is 0.489 e. The Morgan fingerprint density at radius 2 is 1.83 bits per heavy atom. The monoisotopic (exact) mass is 242 g/mol. The van der Waals surface area contributed by atoms with Gasteiger partial charge in [0.05, 0.1) is 0 Å². The Labute approximate surface area is 108 Å². The molecular formula is C16H18O2. The summed E-state index contributed by atoms with van der Waals surface area (Å²) in [5.41, 5.74) is 2.11. The zero-order chi connectivity index (χ0) is 12.7. The lowest BCUT2D eigenvalue weighted by molar-refractivity contribution is -0.117. The molecule has 18 heavy (non-hydrogen) atoms. The highest BCUT2D eigenvalue weighted by Gasteiger charge is 2.40. The number of ketones is 1. The fourth-order valence-corrected chi connectivity index (χ4v) is 3.11. The average molecular weight is 242 g/mol. The zero-order valence-electron chi connectivity index (χ0n) is 10.8. The number of hydrogen-bond acceptors (Lipinski definition) is 2. The van der Waals surface area contributed by atoms with E-state index in [9.17, 15) is 4.79 Å². The third-order valence-electron chi connectivity index (χ3n) is 3.98. The molecule has 1 aliphatic heterocycles. The Balaban J connectivity index is 1.91. The second-order valence-corrected chi connectivity index (χ2v) is 5.51. The first kappa shape index (κ1) is 11.5. The van der Waals surface area contributed by atoms with Crippen LogP contribution in [0.5, 0.6) is 0 Å². The average Bonchev–Trinajstić information content (AvgIpc) is 2.67. The Kier molecular flexibility index (Phi) is 2.73. The van der Waals surface area contributed by atoms with Crippen LogP contribution in [0.2, 0.25) is 0 Å². The maximum atomic E-state index is 12.1. The lowest BCUT2D eigenvalue weighted by atomic mass is 9.82. The number of carbonyl (C=O) groups excluding carboxylic acids is 1. The maximum Gasteiger partial charge on any atom is 0.162 e. The minimum absolute atomic E-state index is 0.0189. The van der Waals surface area contributed by atoms with Crippen molar-refractivity contribution in [2.45, 2.75) is 32.8 Å². The molecule has 2 nitrogen and oxygen atoms in total. The van der Waals surface area contributed by atoms with Crippen LogP contribution in [-0.4, -0.2) is 5.78 Å². The van der Waals surface area contributed by atoms with E-state index in [0.29, 0.717) is 12.3 Å². The van der Waals surface area contributed by atoms with Gasteiger partial charge in [-0.3, -0.25) is 4.79 Å². The van der Waals surface area contributed by atoms with Gasteiger partial charge in [-0.2, -0.15) is 0 Å². The number of rotatable bonds is 1. The van der Waals surface area contributed by atoms with E-state index in [4.69, 9.17) is 4.74 Å². The predicted molar refractivity (Wildman–Crippen MR) is 69.9 cm³/mol.